The van der Waals surface area contributed by atoms with Crippen LogP contribution in [0.2, 0.25) is 0 Å². The van der Waals surface area contributed by atoms with Crippen LogP contribution in [-0.2, 0) is 6.42 Å². The first-order chi connectivity index (χ1) is 9.66. The molecule has 20 heavy (non-hydrogen) atoms. The predicted molar refractivity (Wildman–Crippen MR) is 79.6 cm³/mol. The number of primary amides is 1. The molecule has 0 saturated carbocycles. The Morgan fingerprint density at radius 3 is 3.00 bits per heavy atom. The van der Waals surface area contributed by atoms with Gasteiger partial charge in [-0.15, -0.1) is 0 Å². The summed E-state index contributed by atoms with van der Waals surface area (Å²) in [6.07, 6.45) is 6.44. The maximum Gasteiger partial charge on any atom is 0.341 e. The number of amides is 1. The molecule has 7 heteroatoms. The molecule has 0 saturated heterocycles. The summed E-state index contributed by atoms with van der Waals surface area (Å²) in [5.41, 5.74) is 8.08. The second-order valence-corrected chi connectivity index (χ2v) is 5.62. The number of carbonyl (C=O) groups is 1. The summed E-state index contributed by atoms with van der Waals surface area (Å²) in [7, 11) is 0. The second kappa shape index (κ2) is 5.24. The normalized spacial score (nSPS) is 14.2. The fourth-order valence-electron chi connectivity index (χ4n) is 2.44. The van der Waals surface area contributed by atoms with E-state index < -0.39 is 6.03 Å². The van der Waals surface area contributed by atoms with Gasteiger partial charge in [-0.3, -0.25) is 4.98 Å². The Hall–Kier alpha value is -1.89. The number of anilines is 1. The van der Waals surface area contributed by atoms with Gasteiger partial charge in [0.1, 0.15) is 5.82 Å². The number of hydrogen-bond donors (Lipinski definition) is 2. The van der Waals surface area contributed by atoms with E-state index in [1.54, 1.807) is 12.4 Å². The van der Waals surface area contributed by atoms with E-state index in [0.29, 0.717) is 5.82 Å². The Kier molecular flexibility index (Phi) is 3.43. The number of halogens is 1. The van der Waals surface area contributed by atoms with Gasteiger partial charge in [0.25, 0.3) is 0 Å². The Morgan fingerprint density at radius 1 is 1.40 bits per heavy atom. The molecule has 0 aromatic carbocycles. The monoisotopic (exact) mass is 335 g/mol. The number of fused-ring (bicyclic) bond motifs is 1. The van der Waals surface area contributed by atoms with Crippen LogP contribution in [0.25, 0.3) is 11.3 Å². The molecule has 0 spiro atoms. The van der Waals surface area contributed by atoms with Crippen LogP contribution < -0.4 is 11.1 Å². The van der Waals surface area contributed by atoms with Crippen molar-refractivity contribution in [2.45, 2.75) is 19.3 Å². The molecule has 1 aliphatic rings. The molecular weight excluding hydrogens is 322 g/mol. The average molecular weight is 336 g/mol. The van der Waals surface area contributed by atoms with Gasteiger partial charge in [0.15, 0.2) is 0 Å². The fourth-order valence-corrected chi connectivity index (χ4v) is 2.80. The zero-order valence-electron chi connectivity index (χ0n) is 10.8. The summed E-state index contributed by atoms with van der Waals surface area (Å²) >= 11 is 3.40. The zero-order chi connectivity index (χ0) is 14.1. The minimum atomic E-state index is -0.579. The number of nitrogens with one attached hydrogen (secondary N) is 1. The van der Waals surface area contributed by atoms with Crippen molar-refractivity contribution < 1.29 is 4.79 Å². The van der Waals surface area contributed by atoms with Gasteiger partial charge in [-0.25, -0.2) is 4.79 Å². The Balaban J connectivity index is 2.18. The van der Waals surface area contributed by atoms with Crippen molar-refractivity contribution in [1.29, 1.82) is 0 Å². The summed E-state index contributed by atoms with van der Waals surface area (Å²) in [4.78, 5) is 15.7. The number of aromatic nitrogens is 3. The standard InChI is InChI=1S/C13H14BrN5O/c14-9-5-8(6-16-7-9)11-10-3-1-2-4-17-12(10)19(18-11)13(15)20/h5-7,17H,1-4H2,(H2,15,20). The van der Waals surface area contributed by atoms with E-state index in [2.05, 4.69) is 31.3 Å². The fraction of sp³-hybridized carbons (Fsp3) is 0.308. The number of pyridine rings is 1. The quantitative estimate of drug-likeness (QED) is 0.837. The van der Waals surface area contributed by atoms with E-state index in [-0.39, 0.29) is 0 Å². The lowest BCUT2D eigenvalue weighted by Gasteiger charge is -2.04. The molecule has 0 aliphatic carbocycles. The molecule has 0 atom stereocenters. The summed E-state index contributed by atoms with van der Waals surface area (Å²) in [6.45, 7) is 0.822. The highest BCUT2D eigenvalue weighted by Crippen LogP contribution is 2.32. The average Bonchev–Trinajstić information content (AvgIpc) is 2.61. The van der Waals surface area contributed by atoms with E-state index in [0.717, 1.165) is 47.1 Å². The third kappa shape index (κ3) is 2.29. The number of nitrogens with two attached hydrogens (primary N) is 1. The smallest absolute Gasteiger partial charge is 0.341 e. The van der Waals surface area contributed by atoms with E-state index in [1.807, 2.05) is 6.07 Å². The molecule has 0 unspecified atom stereocenters. The van der Waals surface area contributed by atoms with Gasteiger partial charge >= 0.3 is 6.03 Å². The maximum atomic E-state index is 11.6. The highest BCUT2D eigenvalue weighted by atomic mass is 79.9. The van der Waals surface area contributed by atoms with Crippen molar-refractivity contribution in [2.24, 2.45) is 5.73 Å². The molecule has 2 aromatic rings. The van der Waals surface area contributed by atoms with E-state index in [1.165, 1.54) is 4.68 Å². The Labute approximate surface area is 124 Å². The van der Waals surface area contributed by atoms with Crippen LogP contribution in [0.5, 0.6) is 0 Å². The lowest BCUT2D eigenvalue weighted by atomic mass is 10.1. The van der Waals surface area contributed by atoms with Gasteiger partial charge < -0.3 is 11.1 Å². The minimum Gasteiger partial charge on any atom is -0.370 e. The Bertz CT molecular complexity index is 667. The first kappa shape index (κ1) is 13.1. The molecular formula is C13H14BrN5O. The van der Waals surface area contributed by atoms with Gasteiger partial charge in [0, 0.05) is 34.5 Å². The highest BCUT2D eigenvalue weighted by Gasteiger charge is 2.23. The molecule has 0 fully saturated rings. The van der Waals surface area contributed by atoms with Crippen LogP contribution >= 0.6 is 15.9 Å². The summed E-state index contributed by atoms with van der Waals surface area (Å²) < 4.78 is 2.12. The van der Waals surface area contributed by atoms with Gasteiger partial charge in [-0.05, 0) is 41.3 Å². The molecule has 3 rings (SSSR count). The highest BCUT2D eigenvalue weighted by molar-refractivity contribution is 9.10. The van der Waals surface area contributed by atoms with Crippen LogP contribution in [-0.4, -0.2) is 27.3 Å². The molecule has 104 valence electrons. The molecule has 6 nitrogen and oxygen atoms in total. The first-order valence-electron chi connectivity index (χ1n) is 6.43. The Morgan fingerprint density at radius 2 is 2.25 bits per heavy atom. The largest absolute Gasteiger partial charge is 0.370 e. The second-order valence-electron chi connectivity index (χ2n) is 4.70. The van der Waals surface area contributed by atoms with Crippen molar-refractivity contribution in [3.05, 3.63) is 28.5 Å². The summed E-state index contributed by atoms with van der Waals surface area (Å²) in [6, 6.07) is 1.36. The molecule has 0 bridgehead atoms. The van der Waals surface area contributed by atoms with Gasteiger partial charge in [-0.1, -0.05) is 0 Å². The molecule has 2 aromatic heterocycles. The molecule has 3 N–H and O–H groups in total. The van der Waals surface area contributed by atoms with E-state index >= 15 is 0 Å². The SMILES string of the molecule is NC(=O)n1nc(-c2cncc(Br)c2)c2c1NCCCC2. The number of carbonyl (C=O) groups excluding carboxylic acids is 1. The third-order valence-corrected chi connectivity index (χ3v) is 3.75. The predicted octanol–water partition coefficient (Wildman–Crippen LogP) is 2.38. The van der Waals surface area contributed by atoms with E-state index in [4.69, 9.17) is 5.73 Å². The maximum absolute atomic E-state index is 11.6. The van der Waals surface area contributed by atoms with Crippen LogP contribution in [0.1, 0.15) is 18.4 Å². The molecule has 3 heterocycles. The van der Waals surface area contributed by atoms with Gasteiger partial charge in [0.05, 0.1) is 5.69 Å². The van der Waals surface area contributed by atoms with Crippen molar-refractivity contribution in [3.63, 3.8) is 0 Å². The van der Waals surface area contributed by atoms with Crippen molar-refractivity contribution >= 4 is 27.8 Å². The van der Waals surface area contributed by atoms with Crippen molar-refractivity contribution in [3.8, 4) is 11.3 Å². The molecule has 1 amide bonds. The molecule has 1 aliphatic heterocycles. The van der Waals surface area contributed by atoms with Crippen LogP contribution in [0.15, 0.2) is 22.9 Å². The minimum absolute atomic E-state index is 0.579. The number of nitrogens with zero attached hydrogens (tertiary/aromatic N) is 3. The van der Waals surface area contributed by atoms with Crippen LogP contribution in [0, 0.1) is 0 Å². The lowest BCUT2D eigenvalue weighted by molar-refractivity contribution is 0.248. The first-order valence-corrected chi connectivity index (χ1v) is 7.22. The lowest BCUT2D eigenvalue weighted by Crippen LogP contribution is -2.23. The summed E-state index contributed by atoms with van der Waals surface area (Å²) in [5.74, 6) is 0.713. The third-order valence-electron chi connectivity index (χ3n) is 3.32. The van der Waals surface area contributed by atoms with Gasteiger partial charge in [0.2, 0.25) is 0 Å². The van der Waals surface area contributed by atoms with Gasteiger partial charge in [-0.2, -0.15) is 9.78 Å². The topological polar surface area (TPSA) is 85.8 Å². The van der Waals surface area contributed by atoms with Crippen LogP contribution in [0.4, 0.5) is 10.6 Å². The van der Waals surface area contributed by atoms with Crippen LogP contribution in [0.3, 0.4) is 0 Å². The number of rotatable bonds is 1. The number of hydrogen-bond acceptors (Lipinski definition) is 4. The summed E-state index contributed by atoms with van der Waals surface area (Å²) in [5, 5.41) is 7.61. The van der Waals surface area contributed by atoms with Crippen molar-refractivity contribution in [1.82, 2.24) is 14.8 Å². The zero-order valence-corrected chi connectivity index (χ0v) is 12.4. The van der Waals surface area contributed by atoms with E-state index in [9.17, 15) is 4.79 Å². The van der Waals surface area contributed by atoms with Crippen molar-refractivity contribution in [2.75, 3.05) is 11.9 Å². The molecule has 0 radical (unpaired) electrons.